The molecule has 3 aromatic rings. The number of nitrogens with zero attached hydrogens (tertiary/aromatic N) is 3. The maximum Gasteiger partial charge on any atom is 0.118 e. The highest BCUT2D eigenvalue weighted by atomic mass is 16.3. The minimum absolute atomic E-state index is 0.336. The third-order valence-corrected chi connectivity index (χ3v) is 3.20. The zero-order valence-electron chi connectivity index (χ0n) is 11.0. The third kappa shape index (κ3) is 2.69. The highest BCUT2D eigenvalue weighted by Crippen LogP contribution is 2.17. The van der Waals surface area contributed by atoms with E-state index in [9.17, 15) is 5.11 Å². The van der Waals surface area contributed by atoms with Gasteiger partial charge in [0.25, 0.3) is 0 Å². The van der Waals surface area contributed by atoms with E-state index in [-0.39, 0.29) is 0 Å². The number of hydrogen-bond acceptors (Lipinski definition) is 3. The normalized spacial score (nSPS) is 10.6. The summed E-state index contributed by atoms with van der Waals surface area (Å²) in [4.78, 5) is 0. The van der Waals surface area contributed by atoms with Gasteiger partial charge in [-0.25, -0.2) is 4.68 Å². The van der Waals surface area contributed by atoms with Gasteiger partial charge < -0.3 is 5.11 Å². The molecule has 2 aromatic carbocycles. The van der Waals surface area contributed by atoms with Gasteiger partial charge in [-0.15, -0.1) is 5.10 Å². The van der Waals surface area contributed by atoms with Crippen LogP contribution in [0.1, 0.15) is 11.3 Å². The summed E-state index contributed by atoms with van der Waals surface area (Å²) >= 11 is 0. The maximum absolute atomic E-state index is 9.73. The van der Waals surface area contributed by atoms with Gasteiger partial charge in [0.15, 0.2) is 0 Å². The molecular weight excluding hydrogens is 250 g/mol. The SMILES string of the molecule is Oc1ccccc1CCc1cn(-c2ccccc2)nn1. The molecule has 0 atom stereocenters. The number of phenols is 1. The molecule has 0 unspecified atom stereocenters. The van der Waals surface area contributed by atoms with Crippen LogP contribution in [0.5, 0.6) is 5.75 Å². The van der Waals surface area contributed by atoms with Crippen LogP contribution in [0.25, 0.3) is 5.69 Å². The van der Waals surface area contributed by atoms with Crippen molar-refractivity contribution in [3.8, 4) is 11.4 Å². The van der Waals surface area contributed by atoms with E-state index in [0.29, 0.717) is 5.75 Å². The largest absolute Gasteiger partial charge is 0.508 e. The Morgan fingerprint density at radius 3 is 2.45 bits per heavy atom. The Morgan fingerprint density at radius 1 is 0.900 bits per heavy atom. The molecule has 0 aliphatic heterocycles. The van der Waals surface area contributed by atoms with E-state index in [2.05, 4.69) is 10.3 Å². The summed E-state index contributed by atoms with van der Waals surface area (Å²) in [7, 11) is 0. The molecule has 0 radical (unpaired) electrons. The first-order valence-electron chi connectivity index (χ1n) is 6.56. The van der Waals surface area contributed by atoms with E-state index in [1.807, 2.05) is 54.7 Å². The number of aryl methyl sites for hydroxylation is 2. The second kappa shape index (κ2) is 5.57. The Balaban J connectivity index is 1.71. The van der Waals surface area contributed by atoms with Gasteiger partial charge >= 0.3 is 0 Å². The molecule has 0 aliphatic rings. The number of aromatic nitrogens is 3. The van der Waals surface area contributed by atoms with Crippen LogP contribution in [0.3, 0.4) is 0 Å². The van der Waals surface area contributed by atoms with Crippen molar-refractivity contribution < 1.29 is 5.11 Å². The monoisotopic (exact) mass is 265 g/mol. The van der Waals surface area contributed by atoms with Gasteiger partial charge in [-0.1, -0.05) is 41.6 Å². The van der Waals surface area contributed by atoms with Gasteiger partial charge in [0.1, 0.15) is 5.75 Å². The van der Waals surface area contributed by atoms with E-state index < -0.39 is 0 Å². The van der Waals surface area contributed by atoms with Gasteiger partial charge in [-0.05, 0) is 36.6 Å². The zero-order chi connectivity index (χ0) is 13.8. The smallest absolute Gasteiger partial charge is 0.118 e. The van der Waals surface area contributed by atoms with Crippen LogP contribution in [0.4, 0.5) is 0 Å². The van der Waals surface area contributed by atoms with E-state index in [0.717, 1.165) is 29.8 Å². The molecule has 1 heterocycles. The predicted octanol–water partition coefficient (Wildman–Crippen LogP) is 2.76. The molecule has 100 valence electrons. The highest BCUT2D eigenvalue weighted by molar-refractivity contribution is 5.33. The Hall–Kier alpha value is -2.62. The lowest BCUT2D eigenvalue weighted by atomic mass is 10.1. The Bertz CT molecular complexity index is 692. The van der Waals surface area contributed by atoms with Crippen molar-refractivity contribution in [3.05, 3.63) is 72.1 Å². The second-order valence-electron chi connectivity index (χ2n) is 4.62. The Labute approximate surface area is 117 Å². The minimum Gasteiger partial charge on any atom is -0.508 e. The first-order chi connectivity index (χ1) is 9.83. The fourth-order valence-electron chi connectivity index (χ4n) is 2.10. The van der Waals surface area contributed by atoms with Crippen molar-refractivity contribution in [3.63, 3.8) is 0 Å². The van der Waals surface area contributed by atoms with Crippen molar-refractivity contribution in [2.75, 3.05) is 0 Å². The fourth-order valence-corrected chi connectivity index (χ4v) is 2.10. The molecule has 20 heavy (non-hydrogen) atoms. The first-order valence-corrected chi connectivity index (χ1v) is 6.56. The molecule has 0 saturated carbocycles. The summed E-state index contributed by atoms with van der Waals surface area (Å²) in [5.74, 6) is 0.336. The van der Waals surface area contributed by atoms with Crippen molar-refractivity contribution in [1.29, 1.82) is 0 Å². The molecule has 0 bridgehead atoms. The van der Waals surface area contributed by atoms with Crippen molar-refractivity contribution in [2.24, 2.45) is 0 Å². The molecule has 0 aliphatic carbocycles. The summed E-state index contributed by atoms with van der Waals surface area (Å²) in [5.41, 5.74) is 2.84. The van der Waals surface area contributed by atoms with Crippen LogP contribution in [0.15, 0.2) is 60.8 Å². The van der Waals surface area contributed by atoms with Crippen LogP contribution in [0, 0.1) is 0 Å². The quantitative estimate of drug-likeness (QED) is 0.789. The predicted molar refractivity (Wildman–Crippen MR) is 76.9 cm³/mol. The number of para-hydroxylation sites is 2. The number of phenolic OH excluding ortho intramolecular Hbond substituents is 1. The number of aromatic hydroxyl groups is 1. The van der Waals surface area contributed by atoms with Crippen LogP contribution in [0.2, 0.25) is 0 Å². The van der Waals surface area contributed by atoms with Crippen molar-refractivity contribution >= 4 is 0 Å². The lowest BCUT2D eigenvalue weighted by Gasteiger charge is -2.01. The molecule has 1 aromatic heterocycles. The lowest BCUT2D eigenvalue weighted by molar-refractivity contribution is 0.468. The van der Waals surface area contributed by atoms with E-state index in [4.69, 9.17) is 0 Å². The lowest BCUT2D eigenvalue weighted by Crippen LogP contribution is -1.93. The summed E-state index contributed by atoms with van der Waals surface area (Å²) in [5, 5.41) is 18.0. The average molecular weight is 265 g/mol. The van der Waals surface area contributed by atoms with E-state index in [1.165, 1.54) is 0 Å². The zero-order valence-corrected chi connectivity index (χ0v) is 11.0. The van der Waals surface area contributed by atoms with Crippen LogP contribution in [-0.4, -0.2) is 20.1 Å². The topological polar surface area (TPSA) is 50.9 Å². The standard InChI is InChI=1S/C16H15N3O/c20-16-9-5-4-6-13(16)10-11-14-12-19(18-17-14)15-7-2-1-3-8-15/h1-9,12,20H,10-11H2. The average Bonchev–Trinajstić information content (AvgIpc) is 2.96. The Kier molecular flexibility index (Phi) is 3.46. The molecule has 0 fully saturated rings. The van der Waals surface area contributed by atoms with Crippen LogP contribution >= 0.6 is 0 Å². The van der Waals surface area contributed by atoms with E-state index >= 15 is 0 Å². The summed E-state index contributed by atoms with van der Waals surface area (Å²) in [6.45, 7) is 0. The van der Waals surface area contributed by atoms with Crippen molar-refractivity contribution in [2.45, 2.75) is 12.8 Å². The molecular formula is C16H15N3O. The van der Waals surface area contributed by atoms with Gasteiger partial charge in [0.2, 0.25) is 0 Å². The van der Waals surface area contributed by atoms with E-state index in [1.54, 1.807) is 10.7 Å². The van der Waals surface area contributed by atoms with Gasteiger partial charge in [-0.2, -0.15) is 0 Å². The second-order valence-corrected chi connectivity index (χ2v) is 4.62. The molecule has 0 amide bonds. The molecule has 3 rings (SSSR count). The number of hydrogen-bond donors (Lipinski definition) is 1. The number of rotatable bonds is 4. The fraction of sp³-hybridized carbons (Fsp3) is 0.125. The molecule has 4 heteroatoms. The van der Waals surface area contributed by atoms with Crippen molar-refractivity contribution in [1.82, 2.24) is 15.0 Å². The summed E-state index contributed by atoms with van der Waals surface area (Å²) in [6.07, 6.45) is 3.43. The van der Waals surface area contributed by atoms with Crippen LogP contribution in [-0.2, 0) is 12.8 Å². The minimum atomic E-state index is 0.336. The molecule has 0 spiro atoms. The number of benzene rings is 2. The summed E-state index contributed by atoms with van der Waals surface area (Å²) in [6, 6.07) is 17.3. The molecule has 1 N–H and O–H groups in total. The third-order valence-electron chi connectivity index (χ3n) is 3.20. The first kappa shape index (κ1) is 12.4. The molecule has 4 nitrogen and oxygen atoms in total. The maximum atomic E-state index is 9.73. The van der Waals surface area contributed by atoms with Gasteiger partial charge in [0.05, 0.1) is 17.6 Å². The molecule has 0 saturated heterocycles. The van der Waals surface area contributed by atoms with Crippen LogP contribution < -0.4 is 0 Å². The highest BCUT2D eigenvalue weighted by Gasteiger charge is 2.05. The van der Waals surface area contributed by atoms with Gasteiger partial charge in [0, 0.05) is 0 Å². The summed E-state index contributed by atoms with van der Waals surface area (Å²) < 4.78 is 1.76. The van der Waals surface area contributed by atoms with Gasteiger partial charge in [-0.3, -0.25) is 0 Å². The Morgan fingerprint density at radius 2 is 1.65 bits per heavy atom.